The molecule has 0 aliphatic carbocycles. The Kier molecular flexibility index (Phi) is 4.51. The molecule has 1 aliphatic heterocycles. The van der Waals surface area contributed by atoms with E-state index in [4.69, 9.17) is 9.88 Å². The molecule has 0 aromatic heterocycles. The predicted octanol–water partition coefficient (Wildman–Crippen LogP) is 0.394. The Hall–Kier alpha value is -1.23. The summed E-state index contributed by atoms with van der Waals surface area (Å²) >= 11 is 0. The summed E-state index contributed by atoms with van der Waals surface area (Å²) in [6.45, 7) is 0.605. The number of ether oxygens (including phenoxy) is 1. The van der Waals surface area contributed by atoms with Crippen LogP contribution in [0.5, 0.6) is 0 Å². The molecule has 1 saturated heterocycles. The molecule has 0 spiro atoms. The van der Waals surface area contributed by atoms with Gasteiger partial charge in [0.15, 0.2) is 0 Å². The van der Waals surface area contributed by atoms with Gasteiger partial charge >= 0.3 is 0 Å². The molecule has 0 amide bonds. The molecule has 1 aliphatic rings. The fraction of sp³-hybridized carbons (Fsp3) is 0.455. The zero-order valence-electron chi connectivity index (χ0n) is 11.0. The van der Waals surface area contributed by atoms with Crippen molar-refractivity contribution in [2.75, 3.05) is 17.9 Å². The first-order valence-electron chi connectivity index (χ1n) is 6.12. The Morgan fingerprint density at radius 1 is 1.19 bits per heavy atom. The fourth-order valence-electron chi connectivity index (χ4n) is 2.05. The van der Waals surface area contributed by atoms with E-state index in [0.29, 0.717) is 13.2 Å². The van der Waals surface area contributed by atoms with Gasteiger partial charge in [-0.3, -0.25) is 4.72 Å². The number of nitrogens with two attached hydrogens (primary N) is 1. The van der Waals surface area contributed by atoms with Gasteiger partial charge in [-0.1, -0.05) is 0 Å². The monoisotopic (exact) mass is 338 g/mol. The molecule has 2 rings (SSSR count). The van der Waals surface area contributed by atoms with Gasteiger partial charge in [-0.2, -0.15) is 0 Å². The zero-order valence-corrected chi connectivity index (χ0v) is 12.6. The lowest BCUT2D eigenvalue weighted by atomic mass is 10.2. The smallest absolute Gasteiger partial charge is 0.240 e. The van der Waals surface area contributed by atoms with E-state index in [2.05, 4.69) is 4.72 Å². The Balaban J connectivity index is 2.36. The van der Waals surface area contributed by atoms with Crippen LogP contribution in [0, 0.1) is 5.82 Å². The molecule has 118 valence electrons. The number of benzene rings is 1. The molecule has 1 aromatic rings. The van der Waals surface area contributed by atoms with Gasteiger partial charge in [0.1, 0.15) is 10.7 Å². The molecule has 1 heterocycles. The van der Waals surface area contributed by atoms with E-state index >= 15 is 0 Å². The van der Waals surface area contributed by atoms with Crippen LogP contribution in [-0.2, 0) is 24.8 Å². The summed E-state index contributed by atoms with van der Waals surface area (Å²) in [7, 11) is -8.02. The third-order valence-electron chi connectivity index (χ3n) is 3.11. The van der Waals surface area contributed by atoms with Crippen LogP contribution in [0.15, 0.2) is 23.1 Å². The summed E-state index contributed by atoms with van der Waals surface area (Å²) in [5.74, 6) is -0.771. The molecular weight excluding hydrogens is 323 g/mol. The number of primary sulfonamides is 1. The predicted molar refractivity (Wildman–Crippen MR) is 74.2 cm³/mol. The van der Waals surface area contributed by atoms with E-state index in [-0.39, 0.29) is 18.5 Å². The van der Waals surface area contributed by atoms with Gasteiger partial charge in [0.25, 0.3) is 0 Å². The number of rotatable bonds is 4. The number of hydrogen-bond donors (Lipinski definition) is 2. The molecule has 7 nitrogen and oxygen atoms in total. The van der Waals surface area contributed by atoms with Gasteiger partial charge in [-0.15, -0.1) is 0 Å². The zero-order chi connectivity index (χ0) is 15.7. The maximum absolute atomic E-state index is 13.3. The van der Waals surface area contributed by atoms with Crippen LogP contribution >= 0.6 is 0 Å². The van der Waals surface area contributed by atoms with Crippen LogP contribution < -0.4 is 9.86 Å². The normalized spacial score (nSPS) is 17.6. The summed E-state index contributed by atoms with van der Waals surface area (Å²) in [6, 6.07) is 2.61. The molecule has 0 bridgehead atoms. The van der Waals surface area contributed by atoms with Crippen molar-refractivity contribution < 1.29 is 26.0 Å². The Morgan fingerprint density at radius 2 is 1.81 bits per heavy atom. The molecule has 1 fully saturated rings. The lowest BCUT2D eigenvalue weighted by Gasteiger charge is -2.23. The molecule has 21 heavy (non-hydrogen) atoms. The van der Waals surface area contributed by atoms with E-state index in [0.717, 1.165) is 18.2 Å². The summed E-state index contributed by atoms with van der Waals surface area (Å²) < 4.78 is 67.8. The second kappa shape index (κ2) is 5.87. The van der Waals surface area contributed by atoms with Gasteiger partial charge in [-0.05, 0) is 31.0 Å². The van der Waals surface area contributed by atoms with Gasteiger partial charge in [-0.25, -0.2) is 26.4 Å². The summed E-state index contributed by atoms with van der Waals surface area (Å²) in [4.78, 5) is -0.473. The highest BCUT2D eigenvalue weighted by atomic mass is 32.2. The summed E-state index contributed by atoms with van der Waals surface area (Å²) in [5.41, 5.74) is -0.385. The molecule has 0 atom stereocenters. The number of halogens is 1. The molecule has 3 N–H and O–H groups in total. The van der Waals surface area contributed by atoms with Crippen molar-refractivity contribution in [3.63, 3.8) is 0 Å². The van der Waals surface area contributed by atoms with Crippen molar-refractivity contribution in [2.45, 2.75) is 23.0 Å². The maximum atomic E-state index is 13.3. The van der Waals surface area contributed by atoms with E-state index in [1.54, 1.807) is 0 Å². The molecule has 0 unspecified atom stereocenters. The highest BCUT2D eigenvalue weighted by Gasteiger charge is 2.29. The van der Waals surface area contributed by atoms with Crippen molar-refractivity contribution in [1.29, 1.82) is 0 Å². The molecule has 10 heteroatoms. The summed E-state index contributed by atoms with van der Waals surface area (Å²) in [6.07, 6.45) is 0.574. The first kappa shape index (κ1) is 16.1. The minimum Gasteiger partial charge on any atom is -0.381 e. The fourth-order valence-corrected chi connectivity index (χ4v) is 4.25. The van der Waals surface area contributed by atoms with Crippen molar-refractivity contribution in [3.8, 4) is 0 Å². The maximum Gasteiger partial charge on any atom is 0.240 e. The second-order valence-electron chi connectivity index (χ2n) is 4.64. The number of sulfonamides is 2. The average Bonchev–Trinajstić information content (AvgIpc) is 2.38. The Morgan fingerprint density at radius 3 is 2.38 bits per heavy atom. The number of hydrogen-bond acceptors (Lipinski definition) is 5. The van der Waals surface area contributed by atoms with Crippen molar-refractivity contribution >= 4 is 25.7 Å². The van der Waals surface area contributed by atoms with E-state index in [9.17, 15) is 21.2 Å². The lowest BCUT2D eigenvalue weighted by molar-refractivity contribution is 0.0984. The highest BCUT2D eigenvalue weighted by Crippen LogP contribution is 2.25. The van der Waals surface area contributed by atoms with Gasteiger partial charge < -0.3 is 4.74 Å². The highest BCUT2D eigenvalue weighted by molar-refractivity contribution is 7.93. The first-order valence-corrected chi connectivity index (χ1v) is 9.21. The van der Waals surface area contributed by atoms with Crippen molar-refractivity contribution in [2.24, 2.45) is 5.14 Å². The third-order valence-corrected chi connectivity index (χ3v) is 5.93. The van der Waals surface area contributed by atoms with Gasteiger partial charge in [0, 0.05) is 13.2 Å². The molecule has 0 saturated carbocycles. The van der Waals surface area contributed by atoms with Crippen molar-refractivity contribution in [3.05, 3.63) is 24.0 Å². The molecule has 1 aromatic carbocycles. The third kappa shape index (κ3) is 3.90. The summed E-state index contributed by atoms with van der Waals surface area (Å²) in [5, 5.41) is 4.28. The molecular formula is C11H15FN2O5S2. The van der Waals surface area contributed by atoms with Crippen molar-refractivity contribution in [1.82, 2.24) is 0 Å². The van der Waals surface area contributed by atoms with Gasteiger partial charge in [0.05, 0.1) is 10.9 Å². The van der Waals surface area contributed by atoms with E-state index in [1.807, 2.05) is 0 Å². The van der Waals surface area contributed by atoms with Crippen LogP contribution in [0.3, 0.4) is 0 Å². The van der Waals surface area contributed by atoms with Crippen LogP contribution in [-0.4, -0.2) is 35.3 Å². The SMILES string of the molecule is NS(=O)(=O)c1ccc(F)cc1NS(=O)(=O)C1CCOCC1. The van der Waals surface area contributed by atoms with E-state index < -0.39 is 36.0 Å². The number of anilines is 1. The minimum absolute atomic E-state index is 0.287. The minimum atomic E-state index is -4.17. The topological polar surface area (TPSA) is 116 Å². The largest absolute Gasteiger partial charge is 0.381 e. The standard InChI is InChI=1S/C11H15FN2O5S2/c12-8-1-2-11(20(13,15)16)10(7-8)14-21(17,18)9-3-5-19-6-4-9/h1-2,7,9,14H,3-6H2,(H2,13,15,16). The molecule has 0 radical (unpaired) electrons. The van der Waals surface area contributed by atoms with Crippen LogP contribution in [0.2, 0.25) is 0 Å². The second-order valence-corrected chi connectivity index (χ2v) is 8.13. The Labute approximate surface area is 122 Å². The lowest BCUT2D eigenvalue weighted by Crippen LogP contribution is -2.33. The van der Waals surface area contributed by atoms with Gasteiger partial charge in [0.2, 0.25) is 20.0 Å². The number of nitrogens with one attached hydrogen (secondary N) is 1. The first-order chi connectivity index (χ1) is 9.70. The van der Waals surface area contributed by atoms with Crippen LogP contribution in [0.1, 0.15) is 12.8 Å². The quantitative estimate of drug-likeness (QED) is 0.824. The Bertz CT molecular complexity index is 727. The van der Waals surface area contributed by atoms with E-state index in [1.165, 1.54) is 0 Å². The average molecular weight is 338 g/mol. The van der Waals surface area contributed by atoms with Crippen LogP contribution in [0.4, 0.5) is 10.1 Å². The van der Waals surface area contributed by atoms with Crippen LogP contribution in [0.25, 0.3) is 0 Å².